The molecular formula is C16H17Cl3N4O. The number of nitrogens with zero attached hydrogens (tertiary/aromatic N) is 2. The largest absolute Gasteiger partial charge is 0.368 e. The second-order valence-electron chi connectivity index (χ2n) is 5.22. The minimum atomic E-state index is -0.333. The molecule has 1 aliphatic rings. The van der Waals surface area contributed by atoms with Gasteiger partial charge in [-0.15, -0.1) is 12.4 Å². The molecule has 8 heteroatoms. The molecule has 24 heavy (non-hydrogen) atoms. The van der Waals surface area contributed by atoms with E-state index in [1.54, 1.807) is 24.4 Å². The van der Waals surface area contributed by atoms with Gasteiger partial charge in [-0.25, -0.2) is 4.98 Å². The first-order chi connectivity index (χ1) is 11.1. The molecule has 0 aliphatic carbocycles. The number of halogens is 3. The lowest BCUT2D eigenvalue weighted by atomic mass is 10.2. The molecule has 1 amide bonds. The van der Waals surface area contributed by atoms with Crippen LogP contribution in [0.3, 0.4) is 0 Å². The number of rotatable bonds is 3. The van der Waals surface area contributed by atoms with Crippen LogP contribution in [0, 0.1) is 0 Å². The van der Waals surface area contributed by atoms with Crippen LogP contribution >= 0.6 is 35.6 Å². The van der Waals surface area contributed by atoms with Gasteiger partial charge in [0.1, 0.15) is 5.82 Å². The maximum atomic E-state index is 12.3. The number of benzene rings is 1. The predicted octanol–water partition coefficient (Wildman–Crippen LogP) is 3.47. The number of hydrogen-bond donors (Lipinski definition) is 2. The van der Waals surface area contributed by atoms with Gasteiger partial charge in [0.05, 0.1) is 22.5 Å². The lowest BCUT2D eigenvalue weighted by Gasteiger charge is -2.29. The summed E-state index contributed by atoms with van der Waals surface area (Å²) in [5.41, 5.74) is 1.37. The molecule has 0 atom stereocenters. The fourth-order valence-electron chi connectivity index (χ4n) is 2.43. The number of piperazine rings is 1. The van der Waals surface area contributed by atoms with Crippen molar-refractivity contribution in [2.24, 2.45) is 0 Å². The first-order valence-electron chi connectivity index (χ1n) is 7.31. The Morgan fingerprint density at radius 1 is 1.17 bits per heavy atom. The summed E-state index contributed by atoms with van der Waals surface area (Å²) in [4.78, 5) is 18.8. The van der Waals surface area contributed by atoms with Crippen LogP contribution in [0.1, 0.15) is 10.4 Å². The zero-order chi connectivity index (χ0) is 16.2. The van der Waals surface area contributed by atoms with Crippen LogP contribution in [-0.4, -0.2) is 37.1 Å². The van der Waals surface area contributed by atoms with E-state index in [1.165, 1.54) is 6.07 Å². The van der Waals surface area contributed by atoms with E-state index < -0.39 is 0 Å². The third kappa shape index (κ3) is 4.51. The van der Waals surface area contributed by atoms with Gasteiger partial charge in [0.2, 0.25) is 0 Å². The van der Waals surface area contributed by atoms with Gasteiger partial charge in [0.15, 0.2) is 0 Å². The minimum Gasteiger partial charge on any atom is -0.368 e. The van der Waals surface area contributed by atoms with Crippen LogP contribution < -0.4 is 15.5 Å². The fourth-order valence-corrected chi connectivity index (χ4v) is 2.80. The van der Waals surface area contributed by atoms with Gasteiger partial charge in [-0.1, -0.05) is 23.2 Å². The van der Waals surface area contributed by atoms with Gasteiger partial charge in [-0.3, -0.25) is 4.79 Å². The standard InChI is InChI=1S/C16H16Cl2N4O.ClH/c17-11-1-3-14(18)13(9-11)16(23)21-15-4-2-12(10-20-15)22-7-5-19-6-8-22;/h1-4,9-10,19H,5-8H2,(H,20,21,23);1H. The minimum absolute atomic E-state index is 0. The fraction of sp³-hybridized carbons (Fsp3) is 0.250. The summed E-state index contributed by atoms with van der Waals surface area (Å²) in [6, 6.07) is 8.51. The molecule has 1 aliphatic heterocycles. The van der Waals surface area contributed by atoms with E-state index >= 15 is 0 Å². The van der Waals surface area contributed by atoms with Crippen molar-refractivity contribution in [3.8, 4) is 0 Å². The zero-order valence-corrected chi connectivity index (χ0v) is 15.1. The number of carbonyl (C=O) groups excluding carboxylic acids is 1. The highest BCUT2D eigenvalue weighted by Gasteiger charge is 2.13. The van der Waals surface area contributed by atoms with E-state index in [4.69, 9.17) is 23.2 Å². The number of pyridine rings is 1. The van der Waals surface area contributed by atoms with Gasteiger partial charge >= 0.3 is 0 Å². The van der Waals surface area contributed by atoms with E-state index in [9.17, 15) is 4.79 Å². The van der Waals surface area contributed by atoms with Crippen LogP contribution in [0.2, 0.25) is 10.0 Å². The number of anilines is 2. The normalized spacial score (nSPS) is 14.0. The average Bonchev–Trinajstić information content (AvgIpc) is 2.58. The zero-order valence-electron chi connectivity index (χ0n) is 12.8. The summed E-state index contributed by atoms with van der Waals surface area (Å²) >= 11 is 11.9. The Hall–Kier alpha value is -1.53. The molecule has 0 bridgehead atoms. The quantitative estimate of drug-likeness (QED) is 0.846. The summed E-state index contributed by atoms with van der Waals surface area (Å²) in [5, 5.41) is 6.85. The molecule has 1 saturated heterocycles. The van der Waals surface area contributed by atoms with E-state index in [0.29, 0.717) is 21.4 Å². The second kappa shape index (κ2) is 8.53. The first kappa shape index (κ1) is 18.8. The molecule has 0 radical (unpaired) electrons. The molecule has 3 rings (SSSR count). The summed E-state index contributed by atoms with van der Waals surface area (Å²) in [7, 11) is 0. The maximum absolute atomic E-state index is 12.3. The summed E-state index contributed by atoms with van der Waals surface area (Å²) in [6.07, 6.45) is 1.76. The molecule has 1 fully saturated rings. The molecular weight excluding hydrogens is 371 g/mol. The van der Waals surface area contributed by atoms with Crippen molar-refractivity contribution in [1.82, 2.24) is 10.3 Å². The van der Waals surface area contributed by atoms with Crippen molar-refractivity contribution < 1.29 is 4.79 Å². The number of aromatic nitrogens is 1. The van der Waals surface area contributed by atoms with Crippen LogP contribution in [0.15, 0.2) is 36.5 Å². The van der Waals surface area contributed by atoms with Crippen LogP contribution in [0.5, 0.6) is 0 Å². The Balaban J connectivity index is 0.00000208. The number of nitrogens with one attached hydrogen (secondary N) is 2. The molecule has 0 saturated carbocycles. The van der Waals surface area contributed by atoms with Gasteiger partial charge in [-0.05, 0) is 30.3 Å². The molecule has 1 aromatic carbocycles. The Bertz CT molecular complexity index is 703. The lowest BCUT2D eigenvalue weighted by molar-refractivity contribution is 0.102. The smallest absolute Gasteiger partial charge is 0.258 e. The SMILES string of the molecule is Cl.O=C(Nc1ccc(N2CCNCC2)cn1)c1cc(Cl)ccc1Cl. The van der Waals surface area contributed by atoms with Crippen molar-refractivity contribution >= 4 is 53.0 Å². The summed E-state index contributed by atoms with van der Waals surface area (Å²) < 4.78 is 0. The molecule has 2 heterocycles. The van der Waals surface area contributed by atoms with Gasteiger partial charge < -0.3 is 15.5 Å². The highest BCUT2D eigenvalue weighted by Crippen LogP contribution is 2.22. The number of hydrogen-bond acceptors (Lipinski definition) is 4. The molecule has 128 valence electrons. The Morgan fingerprint density at radius 3 is 2.58 bits per heavy atom. The van der Waals surface area contributed by atoms with Crippen molar-refractivity contribution in [2.45, 2.75) is 0 Å². The van der Waals surface area contributed by atoms with Crippen LogP contribution in [-0.2, 0) is 0 Å². The molecule has 2 N–H and O–H groups in total. The Labute approximate surface area is 156 Å². The van der Waals surface area contributed by atoms with Gasteiger partial charge in [0.25, 0.3) is 5.91 Å². The Morgan fingerprint density at radius 2 is 1.92 bits per heavy atom. The topological polar surface area (TPSA) is 57.3 Å². The van der Waals surface area contributed by atoms with E-state index in [-0.39, 0.29) is 18.3 Å². The first-order valence-corrected chi connectivity index (χ1v) is 8.07. The number of carbonyl (C=O) groups is 1. The number of amides is 1. The predicted molar refractivity (Wildman–Crippen MR) is 101 cm³/mol. The van der Waals surface area contributed by atoms with Crippen molar-refractivity contribution in [1.29, 1.82) is 0 Å². The molecule has 0 spiro atoms. The average molecular weight is 388 g/mol. The van der Waals surface area contributed by atoms with E-state index in [1.807, 2.05) is 6.07 Å². The van der Waals surface area contributed by atoms with Crippen LogP contribution in [0.4, 0.5) is 11.5 Å². The van der Waals surface area contributed by atoms with E-state index in [0.717, 1.165) is 31.9 Å². The van der Waals surface area contributed by atoms with Gasteiger partial charge in [0, 0.05) is 31.2 Å². The molecule has 2 aromatic rings. The third-order valence-corrected chi connectivity index (χ3v) is 4.21. The second-order valence-corrected chi connectivity index (χ2v) is 6.06. The highest BCUT2D eigenvalue weighted by molar-refractivity contribution is 6.36. The third-order valence-electron chi connectivity index (χ3n) is 3.64. The highest BCUT2D eigenvalue weighted by atomic mass is 35.5. The van der Waals surface area contributed by atoms with Gasteiger partial charge in [-0.2, -0.15) is 0 Å². The van der Waals surface area contributed by atoms with Crippen molar-refractivity contribution in [2.75, 3.05) is 36.4 Å². The maximum Gasteiger partial charge on any atom is 0.258 e. The summed E-state index contributed by atoms with van der Waals surface area (Å²) in [6.45, 7) is 3.83. The monoisotopic (exact) mass is 386 g/mol. The van der Waals surface area contributed by atoms with Crippen molar-refractivity contribution in [3.63, 3.8) is 0 Å². The molecule has 1 aromatic heterocycles. The molecule has 0 unspecified atom stereocenters. The molecule has 5 nitrogen and oxygen atoms in total. The van der Waals surface area contributed by atoms with E-state index in [2.05, 4.69) is 20.5 Å². The Kier molecular flexibility index (Phi) is 6.69. The summed E-state index contributed by atoms with van der Waals surface area (Å²) in [5.74, 6) is 0.143. The van der Waals surface area contributed by atoms with Crippen LogP contribution in [0.25, 0.3) is 0 Å². The van der Waals surface area contributed by atoms with Crippen molar-refractivity contribution in [3.05, 3.63) is 52.1 Å². The lowest BCUT2D eigenvalue weighted by Crippen LogP contribution is -2.43.